The minimum absolute atomic E-state index is 0.0325. The van der Waals surface area contributed by atoms with Gasteiger partial charge in [0.1, 0.15) is 0 Å². The number of nitrogens with one attached hydrogen (secondary N) is 2. The predicted octanol–water partition coefficient (Wildman–Crippen LogP) is 0.586. The van der Waals surface area contributed by atoms with Gasteiger partial charge in [0, 0.05) is 12.5 Å². The number of hydroxylamine groups is 1. The van der Waals surface area contributed by atoms with Gasteiger partial charge in [-0.2, -0.15) is 0 Å². The Bertz CT molecular complexity index is 156. The quantitative estimate of drug-likeness (QED) is 0.632. The van der Waals surface area contributed by atoms with Crippen LogP contribution in [0.3, 0.4) is 0 Å². The average molecular weight is 186 g/mol. The van der Waals surface area contributed by atoms with Crippen LogP contribution in [0.4, 0.5) is 0 Å². The maximum absolute atomic E-state index is 11.0. The van der Waals surface area contributed by atoms with Crippen molar-refractivity contribution in [2.45, 2.75) is 38.1 Å². The number of hydrogen-bond donors (Lipinski definition) is 2. The fourth-order valence-electron chi connectivity index (χ4n) is 1.64. The summed E-state index contributed by atoms with van der Waals surface area (Å²) in [5.41, 5.74) is 2.32. The predicted molar refractivity (Wildman–Crippen MR) is 50.0 cm³/mol. The first-order valence-corrected chi connectivity index (χ1v) is 4.88. The number of amides is 1. The van der Waals surface area contributed by atoms with Crippen molar-refractivity contribution in [3.63, 3.8) is 0 Å². The average Bonchev–Trinajstić information content (AvgIpc) is 2.17. The second kappa shape index (κ2) is 5.94. The molecule has 0 aromatic carbocycles. The minimum Gasteiger partial charge on any atom is -0.314 e. The van der Waals surface area contributed by atoms with Gasteiger partial charge in [0.15, 0.2) is 0 Å². The van der Waals surface area contributed by atoms with E-state index in [1.807, 2.05) is 0 Å². The lowest BCUT2D eigenvalue weighted by molar-refractivity contribution is -0.131. The van der Waals surface area contributed by atoms with Crippen molar-refractivity contribution in [3.8, 4) is 0 Å². The highest BCUT2D eigenvalue weighted by Gasteiger charge is 2.13. The Kier molecular flexibility index (Phi) is 4.78. The van der Waals surface area contributed by atoms with Crippen molar-refractivity contribution in [2.24, 2.45) is 0 Å². The van der Waals surface area contributed by atoms with Crippen LogP contribution in [0, 0.1) is 0 Å². The molecule has 1 heterocycles. The monoisotopic (exact) mass is 186 g/mol. The third-order valence-corrected chi connectivity index (χ3v) is 2.35. The van der Waals surface area contributed by atoms with Crippen LogP contribution < -0.4 is 10.8 Å². The minimum atomic E-state index is -0.0325. The first kappa shape index (κ1) is 10.5. The van der Waals surface area contributed by atoms with Gasteiger partial charge in [-0.05, 0) is 25.8 Å². The maximum Gasteiger partial charge on any atom is 0.243 e. The van der Waals surface area contributed by atoms with Gasteiger partial charge < -0.3 is 5.32 Å². The zero-order valence-electron chi connectivity index (χ0n) is 8.14. The summed E-state index contributed by atoms with van der Waals surface area (Å²) < 4.78 is 0. The van der Waals surface area contributed by atoms with E-state index >= 15 is 0 Å². The Morgan fingerprint density at radius 2 is 2.46 bits per heavy atom. The topological polar surface area (TPSA) is 50.4 Å². The summed E-state index contributed by atoms with van der Waals surface area (Å²) in [4.78, 5) is 15.5. The molecule has 0 radical (unpaired) electrons. The molecule has 1 aliphatic rings. The molecule has 13 heavy (non-hydrogen) atoms. The van der Waals surface area contributed by atoms with E-state index in [0.29, 0.717) is 12.5 Å². The van der Waals surface area contributed by atoms with E-state index in [1.54, 1.807) is 0 Å². The van der Waals surface area contributed by atoms with E-state index in [4.69, 9.17) is 0 Å². The molecule has 0 bridgehead atoms. The van der Waals surface area contributed by atoms with Crippen LogP contribution in [0.1, 0.15) is 32.1 Å². The van der Waals surface area contributed by atoms with Crippen LogP contribution in [0.5, 0.6) is 0 Å². The molecule has 2 N–H and O–H groups in total. The summed E-state index contributed by atoms with van der Waals surface area (Å²) in [6.45, 7) is 1.09. The molecule has 1 rings (SSSR count). The van der Waals surface area contributed by atoms with Crippen LogP contribution in [0.15, 0.2) is 0 Å². The van der Waals surface area contributed by atoms with Crippen molar-refractivity contribution in [1.82, 2.24) is 10.8 Å². The molecule has 76 valence electrons. The molecule has 0 aromatic heterocycles. The van der Waals surface area contributed by atoms with E-state index in [2.05, 4.69) is 15.6 Å². The largest absolute Gasteiger partial charge is 0.314 e. The fourth-order valence-corrected chi connectivity index (χ4v) is 1.64. The molecule has 1 aliphatic heterocycles. The maximum atomic E-state index is 11.0. The second-order valence-electron chi connectivity index (χ2n) is 3.41. The lowest BCUT2D eigenvalue weighted by atomic mass is 10.0. The zero-order chi connectivity index (χ0) is 9.52. The van der Waals surface area contributed by atoms with Crippen LogP contribution in [-0.4, -0.2) is 25.6 Å². The van der Waals surface area contributed by atoms with Gasteiger partial charge in [-0.15, -0.1) is 0 Å². The van der Waals surface area contributed by atoms with Crippen molar-refractivity contribution < 1.29 is 9.63 Å². The highest BCUT2D eigenvalue weighted by molar-refractivity contribution is 5.74. The molecular formula is C9H18N2O2. The molecule has 0 saturated carbocycles. The van der Waals surface area contributed by atoms with Crippen molar-refractivity contribution >= 4 is 5.91 Å². The van der Waals surface area contributed by atoms with Crippen molar-refractivity contribution in [3.05, 3.63) is 0 Å². The first-order chi connectivity index (χ1) is 6.33. The Balaban J connectivity index is 2.06. The summed E-state index contributed by atoms with van der Waals surface area (Å²) in [5.74, 6) is -0.0325. The highest BCUT2D eigenvalue weighted by atomic mass is 16.6. The zero-order valence-corrected chi connectivity index (χ0v) is 8.14. The summed E-state index contributed by atoms with van der Waals surface area (Å²) in [7, 11) is 1.46. The van der Waals surface area contributed by atoms with Gasteiger partial charge in [-0.1, -0.05) is 6.42 Å². The van der Waals surface area contributed by atoms with Gasteiger partial charge >= 0.3 is 0 Å². The normalized spacial score (nSPS) is 22.7. The summed E-state index contributed by atoms with van der Waals surface area (Å²) in [6, 6.07) is 0.524. The Hall–Kier alpha value is -0.610. The smallest absolute Gasteiger partial charge is 0.243 e. The van der Waals surface area contributed by atoms with Gasteiger partial charge in [0.25, 0.3) is 0 Å². The van der Waals surface area contributed by atoms with E-state index in [9.17, 15) is 4.79 Å². The van der Waals surface area contributed by atoms with Crippen LogP contribution in [0.25, 0.3) is 0 Å². The van der Waals surface area contributed by atoms with E-state index < -0.39 is 0 Å². The Morgan fingerprint density at radius 3 is 3.08 bits per heavy atom. The molecular weight excluding hydrogens is 168 g/mol. The first-order valence-electron chi connectivity index (χ1n) is 4.88. The van der Waals surface area contributed by atoms with E-state index in [1.165, 1.54) is 26.4 Å². The van der Waals surface area contributed by atoms with E-state index in [-0.39, 0.29) is 5.91 Å². The lowest BCUT2D eigenvalue weighted by Crippen LogP contribution is -2.35. The van der Waals surface area contributed by atoms with Crippen LogP contribution in [0.2, 0.25) is 0 Å². The van der Waals surface area contributed by atoms with Gasteiger partial charge in [0.05, 0.1) is 7.11 Å². The number of carbonyl (C=O) groups excluding carboxylic acids is 1. The molecule has 1 amide bonds. The standard InChI is InChI=1S/C9H18N2O2/c1-13-11-9(12)6-5-8-4-2-3-7-10-8/h8,10H,2-7H2,1H3,(H,11,12). The molecule has 1 atom stereocenters. The number of carbonyl (C=O) groups is 1. The Labute approximate surface area is 79.0 Å². The summed E-state index contributed by atoms with van der Waals surface area (Å²) in [5, 5.41) is 3.40. The molecule has 4 nitrogen and oxygen atoms in total. The van der Waals surface area contributed by atoms with Crippen LogP contribution >= 0.6 is 0 Å². The highest BCUT2D eigenvalue weighted by Crippen LogP contribution is 2.11. The SMILES string of the molecule is CONC(=O)CCC1CCCCN1. The molecule has 4 heteroatoms. The number of hydrogen-bond acceptors (Lipinski definition) is 3. The third kappa shape index (κ3) is 4.24. The molecule has 1 fully saturated rings. The molecule has 0 aliphatic carbocycles. The van der Waals surface area contributed by atoms with Gasteiger partial charge in [0.2, 0.25) is 5.91 Å². The summed E-state index contributed by atoms with van der Waals surface area (Å²) >= 11 is 0. The summed E-state index contributed by atoms with van der Waals surface area (Å²) in [6.07, 6.45) is 5.20. The Morgan fingerprint density at radius 1 is 1.62 bits per heavy atom. The van der Waals surface area contributed by atoms with Gasteiger partial charge in [-0.3, -0.25) is 9.63 Å². The lowest BCUT2D eigenvalue weighted by Gasteiger charge is -2.22. The fraction of sp³-hybridized carbons (Fsp3) is 0.889. The van der Waals surface area contributed by atoms with E-state index in [0.717, 1.165) is 13.0 Å². The van der Waals surface area contributed by atoms with Crippen molar-refractivity contribution in [1.29, 1.82) is 0 Å². The third-order valence-electron chi connectivity index (χ3n) is 2.35. The second-order valence-corrected chi connectivity index (χ2v) is 3.41. The van der Waals surface area contributed by atoms with Crippen molar-refractivity contribution in [2.75, 3.05) is 13.7 Å². The molecule has 1 unspecified atom stereocenters. The van der Waals surface area contributed by atoms with Gasteiger partial charge in [-0.25, -0.2) is 5.48 Å². The number of rotatable bonds is 4. The molecule has 0 spiro atoms. The molecule has 0 aromatic rings. The van der Waals surface area contributed by atoms with Crippen LogP contribution in [-0.2, 0) is 9.63 Å². The molecule has 1 saturated heterocycles. The number of piperidine rings is 1.